The number of hydrogen-bond donors (Lipinski definition) is 4. The number of aromatic nitrogens is 14. The monoisotopic (exact) mass is 1570 g/mol. The minimum atomic E-state index is -0.596. The van der Waals surface area contributed by atoms with Crippen LogP contribution < -0.4 is 22.9 Å². The predicted molar refractivity (Wildman–Crippen MR) is 404 cm³/mol. The molecule has 0 saturated heterocycles. The number of ether oxygens (including phenoxy) is 1. The lowest BCUT2D eigenvalue weighted by atomic mass is 10.1. The standard InChI is InChI=1S/C23H22N6O2.C23H20N6O2.C21H17IN6O2.C6H6BrN3O2/c2*1-4-14-7-5-6-8-17(14)21-27-28-22(31-21)19-20(24)25-13-18(26-19)15-9-11-16(12-10-15)23(30)29(2)3;1-28(2)21(29)13-9-7-12(8-10-13)16-11-24-18(23)17(25-16)20-27-26-19(30-20)14-5-3-4-6-15(14)22;1-12-6(11)4-5(8)9-2-3(7)10-4/h5-13H,4H2,1-3H3,(H2,24,25);4-13H,1H2,2-3H3,(H2,24,25);3-11H,1-2H3,(H2,23,24);2H,1H3,(H2,8,9). The lowest BCUT2D eigenvalue weighted by Gasteiger charge is -2.10. The number of hydrogen-bond acceptors (Lipinski definition) is 26. The molecule has 0 unspecified atom stereocenters. The molecular weight excluding hydrogens is 1510 g/mol. The molecule has 0 atom stereocenters. The number of nitrogens with two attached hydrogens (primary N) is 4. The molecule has 524 valence electrons. The molecule has 0 aliphatic carbocycles. The van der Waals surface area contributed by atoms with E-state index in [1.165, 1.54) is 28.0 Å². The zero-order valence-electron chi connectivity index (χ0n) is 57.1. The highest BCUT2D eigenvalue weighted by Gasteiger charge is 2.23. The van der Waals surface area contributed by atoms with E-state index < -0.39 is 5.97 Å². The van der Waals surface area contributed by atoms with Crippen molar-refractivity contribution in [3.05, 3.63) is 219 Å². The Balaban J connectivity index is 0.000000155. The summed E-state index contributed by atoms with van der Waals surface area (Å²) in [6, 6.07) is 44.5. The van der Waals surface area contributed by atoms with Gasteiger partial charge in [0.15, 0.2) is 46.0 Å². The van der Waals surface area contributed by atoms with Gasteiger partial charge in [-0.1, -0.05) is 105 Å². The lowest BCUT2D eigenvalue weighted by Crippen LogP contribution is -2.21. The van der Waals surface area contributed by atoms with Crippen LogP contribution in [0.1, 0.15) is 59.6 Å². The number of nitrogens with zero attached hydrogens (tertiary/aromatic N) is 17. The second kappa shape index (κ2) is 33.5. The number of nitrogen functional groups attached to an aromatic ring is 4. The Kier molecular flexibility index (Phi) is 23.8. The fourth-order valence-corrected chi connectivity index (χ4v) is 10.6. The Morgan fingerprint density at radius 1 is 0.462 bits per heavy atom. The summed E-state index contributed by atoms with van der Waals surface area (Å²) in [6.07, 6.45) is 8.67. The second-order valence-electron chi connectivity index (χ2n) is 22.7. The van der Waals surface area contributed by atoms with Gasteiger partial charge in [0.1, 0.15) is 4.60 Å². The highest BCUT2D eigenvalue weighted by Crippen LogP contribution is 2.34. The van der Waals surface area contributed by atoms with Gasteiger partial charge in [-0.3, -0.25) is 14.4 Å². The first-order valence-electron chi connectivity index (χ1n) is 31.3. The van der Waals surface area contributed by atoms with Crippen molar-refractivity contribution in [2.45, 2.75) is 13.3 Å². The summed E-state index contributed by atoms with van der Waals surface area (Å²) in [7, 11) is 11.5. The van der Waals surface area contributed by atoms with E-state index in [1.807, 2.05) is 97.1 Å². The fraction of sp³-hybridized carbons (Fsp3) is 0.123. The van der Waals surface area contributed by atoms with Gasteiger partial charge in [0.05, 0.1) is 54.5 Å². The number of aryl methyl sites for hydroxylation is 1. The molecule has 7 heterocycles. The molecule has 6 aromatic carbocycles. The molecule has 13 aromatic rings. The number of carbonyl (C=O) groups excluding carboxylic acids is 4. The highest BCUT2D eigenvalue weighted by molar-refractivity contribution is 14.1. The number of carbonyl (C=O) groups is 4. The van der Waals surface area contributed by atoms with E-state index in [4.69, 9.17) is 36.2 Å². The first-order chi connectivity index (χ1) is 50.0. The molecule has 29 nitrogen and oxygen atoms in total. The molecule has 0 radical (unpaired) electrons. The van der Waals surface area contributed by atoms with Gasteiger partial charge >= 0.3 is 5.97 Å². The normalized spacial score (nSPS) is 10.6. The molecule has 0 fully saturated rings. The fourth-order valence-electron chi connectivity index (χ4n) is 9.66. The van der Waals surface area contributed by atoms with Crippen molar-refractivity contribution in [1.82, 2.24) is 85.2 Å². The molecular formula is C73H65BrIN21O8. The van der Waals surface area contributed by atoms with Gasteiger partial charge in [0.25, 0.3) is 35.4 Å². The Hall–Kier alpha value is -12.9. The summed E-state index contributed by atoms with van der Waals surface area (Å²) >= 11 is 5.27. The van der Waals surface area contributed by atoms with Crippen LogP contribution in [0.25, 0.3) is 109 Å². The Bertz CT molecular complexity index is 5260. The third-order valence-electron chi connectivity index (χ3n) is 15.1. The van der Waals surface area contributed by atoms with Gasteiger partial charge in [0, 0.05) is 90.4 Å². The van der Waals surface area contributed by atoms with E-state index >= 15 is 0 Å². The summed E-state index contributed by atoms with van der Waals surface area (Å²) < 4.78 is 23.4. The maximum absolute atomic E-state index is 12.1. The van der Waals surface area contributed by atoms with Crippen LogP contribution in [0.4, 0.5) is 23.3 Å². The SMILES string of the molecule is C=Cc1ccccc1-c1nnc(-c2nc(-c3ccc(C(=O)N(C)C)cc3)cnc2N)o1.CCc1ccccc1-c1nnc(-c2nc(-c3ccc(C(=O)N(C)C)cc3)cnc2N)o1.CN(C)C(=O)c1ccc(-c2cnc(N)c(-c3nnc(-c4ccccc4I)o3)n2)cc1.COC(=O)c1nc(Br)cnc1N. The summed E-state index contributed by atoms with van der Waals surface area (Å²) in [5.74, 6) is 1.50. The van der Waals surface area contributed by atoms with Crippen LogP contribution in [0.2, 0.25) is 0 Å². The van der Waals surface area contributed by atoms with Crippen LogP contribution in [0.15, 0.2) is 195 Å². The summed E-state index contributed by atoms with van der Waals surface area (Å²) in [5, 5.41) is 24.8. The first kappa shape index (κ1) is 73.8. The number of benzene rings is 6. The molecule has 8 N–H and O–H groups in total. The second-order valence-corrected chi connectivity index (χ2v) is 24.7. The van der Waals surface area contributed by atoms with E-state index in [0.717, 1.165) is 54.5 Å². The van der Waals surface area contributed by atoms with Crippen molar-refractivity contribution in [3.8, 4) is 103 Å². The number of methoxy groups -OCH3 is 1. The molecule has 13 rings (SSSR count). The molecule has 3 amide bonds. The molecule has 0 spiro atoms. The van der Waals surface area contributed by atoms with Crippen molar-refractivity contribution in [2.24, 2.45) is 0 Å². The largest absolute Gasteiger partial charge is 0.464 e. The average molecular weight is 1570 g/mol. The van der Waals surface area contributed by atoms with Gasteiger partial charge in [-0.05, 0) is 117 Å². The molecule has 0 saturated carbocycles. The van der Waals surface area contributed by atoms with E-state index in [1.54, 1.807) is 115 Å². The Morgan fingerprint density at radius 2 is 0.808 bits per heavy atom. The van der Waals surface area contributed by atoms with Gasteiger partial charge in [-0.25, -0.2) is 44.7 Å². The van der Waals surface area contributed by atoms with Gasteiger partial charge in [-0.2, -0.15) is 0 Å². The highest BCUT2D eigenvalue weighted by atomic mass is 127. The number of rotatable bonds is 15. The average Bonchev–Trinajstić information content (AvgIpc) is 1.57. The predicted octanol–water partition coefficient (Wildman–Crippen LogP) is 11.9. The zero-order valence-corrected chi connectivity index (χ0v) is 60.8. The van der Waals surface area contributed by atoms with Crippen LogP contribution in [0.3, 0.4) is 0 Å². The van der Waals surface area contributed by atoms with E-state index in [0.29, 0.717) is 73.1 Å². The maximum Gasteiger partial charge on any atom is 0.360 e. The Labute approximate surface area is 617 Å². The van der Waals surface area contributed by atoms with Crippen molar-refractivity contribution in [2.75, 3.05) is 72.3 Å². The number of esters is 1. The lowest BCUT2D eigenvalue weighted by molar-refractivity contribution is 0.0594. The van der Waals surface area contributed by atoms with Crippen LogP contribution in [-0.4, -0.2) is 158 Å². The Morgan fingerprint density at radius 3 is 1.19 bits per heavy atom. The van der Waals surface area contributed by atoms with E-state index in [9.17, 15) is 19.2 Å². The van der Waals surface area contributed by atoms with Crippen molar-refractivity contribution >= 4 is 91.6 Å². The first-order valence-corrected chi connectivity index (χ1v) is 33.2. The molecule has 7 aromatic heterocycles. The smallest absolute Gasteiger partial charge is 0.360 e. The topological polar surface area (TPSA) is 411 Å². The summed E-state index contributed by atoms with van der Waals surface area (Å²) in [5.41, 5.74) is 34.7. The van der Waals surface area contributed by atoms with Crippen LogP contribution in [-0.2, 0) is 11.2 Å². The van der Waals surface area contributed by atoms with E-state index in [2.05, 4.69) is 127 Å². The molecule has 0 bridgehead atoms. The molecule has 31 heteroatoms. The minimum absolute atomic E-state index is 0.0203. The van der Waals surface area contributed by atoms with Gasteiger partial charge in [-0.15, -0.1) is 30.6 Å². The molecule has 0 aliphatic rings. The third-order valence-corrected chi connectivity index (χ3v) is 16.4. The van der Waals surface area contributed by atoms with Gasteiger partial charge in [0.2, 0.25) is 17.7 Å². The molecule has 104 heavy (non-hydrogen) atoms. The molecule has 0 aliphatic heterocycles. The zero-order chi connectivity index (χ0) is 74.3. The number of anilines is 4. The minimum Gasteiger partial charge on any atom is -0.464 e. The van der Waals surface area contributed by atoms with E-state index in [-0.39, 0.29) is 64.4 Å². The summed E-state index contributed by atoms with van der Waals surface area (Å²) in [6.45, 7) is 5.88. The van der Waals surface area contributed by atoms with Crippen LogP contribution in [0.5, 0.6) is 0 Å². The summed E-state index contributed by atoms with van der Waals surface area (Å²) in [4.78, 5) is 85.7. The maximum atomic E-state index is 12.1. The van der Waals surface area contributed by atoms with Crippen LogP contribution in [0, 0.1) is 3.57 Å². The number of amides is 3. The van der Waals surface area contributed by atoms with Crippen LogP contribution >= 0.6 is 38.5 Å². The van der Waals surface area contributed by atoms with Crippen molar-refractivity contribution in [3.63, 3.8) is 0 Å². The third kappa shape index (κ3) is 17.4. The number of halogens is 2. The van der Waals surface area contributed by atoms with Crippen molar-refractivity contribution in [1.29, 1.82) is 0 Å². The van der Waals surface area contributed by atoms with Gasteiger partial charge < -0.3 is 55.6 Å². The van der Waals surface area contributed by atoms with Crippen molar-refractivity contribution < 1.29 is 37.2 Å². The quantitative estimate of drug-likeness (QED) is 0.0547.